The Kier molecular flexibility index (Phi) is 7.43. The fraction of sp³-hybridized carbons (Fsp3) is 0.0213. The molecule has 5 heteroatoms. The summed E-state index contributed by atoms with van der Waals surface area (Å²) in [7, 11) is 0. The maximum atomic E-state index is 5.12. The zero-order valence-electron chi connectivity index (χ0n) is 28.1. The SMILES string of the molecule is C1=Cc2c(ccc3c2c2ccccc2n3-c2cccc(-c3cccc(C4=NC(c5ccccc5)N=C(c5ccccc5)N4)c3)c2)Sc2ccccc21. The minimum Gasteiger partial charge on any atom is -0.324 e. The van der Waals surface area contributed by atoms with E-state index < -0.39 is 0 Å². The number of fused-ring (bicyclic) bond motifs is 6. The highest BCUT2D eigenvalue weighted by Gasteiger charge is 2.22. The van der Waals surface area contributed by atoms with Crippen LogP contribution < -0.4 is 5.32 Å². The van der Waals surface area contributed by atoms with Gasteiger partial charge in [0.05, 0.1) is 11.0 Å². The lowest BCUT2D eigenvalue weighted by atomic mass is 10.0. The number of nitrogens with zero attached hydrogens (tertiary/aromatic N) is 3. The van der Waals surface area contributed by atoms with Crippen molar-refractivity contribution in [2.75, 3.05) is 0 Å². The number of para-hydroxylation sites is 1. The summed E-state index contributed by atoms with van der Waals surface area (Å²) in [5.41, 5.74) is 11.4. The number of aliphatic imine (C=N–C) groups is 2. The van der Waals surface area contributed by atoms with Gasteiger partial charge in [-0.2, -0.15) is 0 Å². The highest BCUT2D eigenvalue weighted by Crippen LogP contribution is 2.44. The number of rotatable bonds is 5. The van der Waals surface area contributed by atoms with Gasteiger partial charge in [0, 0.05) is 37.4 Å². The van der Waals surface area contributed by atoms with Gasteiger partial charge in [-0.05, 0) is 70.3 Å². The van der Waals surface area contributed by atoms with Crippen molar-refractivity contribution >= 4 is 57.4 Å². The third-order valence-electron chi connectivity index (χ3n) is 9.87. The highest BCUT2D eigenvalue weighted by atomic mass is 32.2. The Morgan fingerprint density at radius 3 is 2.04 bits per heavy atom. The molecular formula is C47H32N4S. The first-order chi connectivity index (χ1) is 25.8. The molecule has 1 atom stereocenters. The van der Waals surface area contributed by atoms with Crippen molar-refractivity contribution < 1.29 is 0 Å². The zero-order chi connectivity index (χ0) is 34.4. The molecule has 0 aliphatic carbocycles. The van der Waals surface area contributed by atoms with E-state index in [0.717, 1.165) is 45.2 Å². The maximum Gasteiger partial charge on any atom is 0.169 e. The first kappa shape index (κ1) is 30.4. The molecule has 0 saturated carbocycles. The Labute approximate surface area is 306 Å². The van der Waals surface area contributed by atoms with Gasteiger partial charge in [0.15, 0.2) is 6.17 Å². The van der Waals surface area contributed by atoms with Gasteiger partial charge in [-0.1, -0.05) is 151 Å². The first-order valence-corrected chi connectivity index (χ1v) is 18.3. The molecule has 0 fully saturated rings. The second-order valence-corrected chi connectivity index (χ2v) is 14.1. The van der Waals surface area contributed by atoms with Crippen molar-refractivity contribution in [3.63, 3.8) is 0 Å². The average Bonchev–Trinajstić information content (AvgIpc) is 3.43. The van der Waals surface area contributed by atoms with Gasteiger partial charge >= 0.3 is 0 Å². The molecule has 4 nitrogen and oxygen atoms in total. The molecule has 0 spiro atoms. The smallest absolute Gasteiger partial charge is 0.169 e. The second kappa shape index (κ2) is 12.7. The molecule has 0 saturated heterocycles. The van der Waals surface area contributed by atoms with Crippen LogP contribution in [-0.2, 0) is 0 Å². The molecule has 3 heterocycles. The van der Waals surface area contributed by atoms with E-state index in [1.807, 2.05) is 48.2 Å². The maximum absolute atomic E-state index is 5.12. The van der Waals surface area contributed by atoms with Crippen LogP contribution in [0.1, 0.15) is 34.0 Å². The molecule has 1 N–H and O–H groups in total. The normalized spacial score (nSPS) is 15.0. The molecule has 1 aromatic heterocycles. The summed E-state index contributed by atoms with van der Waals surface area (Å²) in [4.78, 5) is 12.7. The summed E-state index contributed by atoms with van der Waals surface area (Å²) in [6.07, 6.45) is 4.22. The van der Waals surface area contributed by atoms with Crippen LogP contribution in [0.15, 0.2) is 190 Å². The Bertz CT molecular complexity index is 2740. The molecule has 0 amide bonds. The summed E-state index contributed by atoms with van der Waals surface area (Å²) in [5, 5.41) is 6.10. The quantitative estimate of drug-likeness (QED) is 0.196. The van der Waals surface area contributed by atoms with Crippen molar-refractivity contribution in [2.24, 2.45) is 9.98 Å². The van der Waals surface area contributed by atoms with Crippen LogP contribution in [0.25, 0.3) is 50.8 Å². The number of benzene rings is 7. The standard InChI is InChI=1S/C47H32N4S/c1-3-14-32(15-4-1)45-48-46(33-16-5-2-6-17-33)50-47(49-45)36-20-11-18-34(29-36)35-19-12-21-37(30-35)51-40-23-9-8-22-38(40)44-39-26-25-31-13-7-10-24-42(31)52-43(39)28-27-41(44)51/h1-30,45H,(H,48,49,50). The van der Waals surface area contributed by atoms with Gasteiger partial charge in [-0.15, -0.1) is 0 Å². The number of amidine groups is 2. The minimum atomic E-state index is -0.340. The number of nitrogens with one attached hydrogen (secondary N) is 1. The van der Waals surface area contributed by atoms with E-state index in [2.05, 4.69) is 155 Å². The molecule has 246 valence electrons. The van der Waals surface area contributed by atoms with E-state index in [0.29, 0.717) is 0 Å². The Morgan fingerprint density at radius 1 is 0.500 bits per heavy atom. The molecule has 2 aliphatic heterocycles. The Balaban J connectivity index is 1.06. The fourth-order valence-electron chi connectivity index (χ4n) is 7.39. The average molecular weight is 685 g/mol. The van der Waals surface area contributed by atoms with Crippen molar-refractivity contribution in [3.05, 3.63) is 198 Å². The van der Waals surface area contributed by atoms with Crippen LogP contribution in [0.5, 0.6) is 0 Å². The molecular weight excluding hydrogens is 653 g/mol. The third kappa shape index (κ3) is 5.34. The summed E-state index contributed by atoms with van der Waals surface area (Å²) < 4.78 is 2.41. The van der Waals surface area contributed by atoms with Gasteiger partial charge in [0.2, 0.25) is 0 Å². The molecule has 7 aromatic carbocycles. The lowest BCUT2D eigenvalue weighted by molar-refractivity contribution is 0.756. The van der Waals surface area contributed by atoms with Crippen LogP contribution in [0, 0.1) is 0 Å². The number of hydrogen-bond donors (Lipinski definition) is 1. The molecule has 8 aromatic rings. The van der Waals surface area contributed by atoms with Gasteiger partial charge in [0.1, 0.15) is 11.7 Å². The summed E-state index contributed by atoms with van der Waals surface area (Å²) in [6, 6.07) is 60.1. The van der Waals surface area contributed by atoms with E-state index in [-0.39, 0.29) is 6.17 Å². The van der Waals surface area contributed by atoms with E-state index in [1.165, 1.54) is 42.7 Å². The lowest BCUT2D eigenvalue weighted by Crippen LogP contribution is -2.36. The first-order valence-electron chi connectivity index (χ1n) is 17.5. The Hall–Kier alpha value is -6.43. The predicted octanol–water partition coefficient (Wildman–Crippen LogP) is 11.6. The fourth-order valence-corrected chi connectivity index (χ4v) is 8.44. The molecule has 0 radical (unpaired) electrons. The molecule has 10 rings (SSSR count). The molecule has 52 heavy (non-hydrogen) atoms. The Morgan fingerprint density at radius 2 is 1.17 bits per heavy atom. The molecule has 1 unspecified atom stereocenters. The van der Waals surface area contributed by atoms with Gasteiger partial charge in [-0.25, -0.2) is 9.98 Å². The van der Waals surface area contributed by atoms with Gasteiger partial charge in [0.25, 0.3) is 0 Å². The number of aromatic nitrogens is 1. The van der Waals surface area contributed by atoms with E-state index in [4.69, 9.17) is 9.98 Å². The lowest BCUT2D eigenvalue weighted by Gasteiger charge is -2.22. The van der Waals surface area contributed by atoms with Crippen LogP contribution >= 0.6 is 11.8 Å². The topological polar surface area (TPSA) is 41.7 Å². The zero-order valence-corrected chi connectivity index (χ0v) is 29.0. The van der Waals surface area contributed by atoms with Gasteiger partial charge < -0.3 is 9.88 Å². The van der Waals surface area contributed by atoms with Crippen LogP contribution in [0.3, 0.4) is 0 Å². The minimum absolute atomic E-state index is 0.340. The molecule has 2 aliphatic rings. The van der Waals surface area contributed by atoms with E-state index in [1.54, 1.807) is 0 Å². The van der Waals surface area contributed by atoms with Crippen LogP contribution in [-0.4, -0.2) is 16.2 Å². The largest absolute Gasteiger partial charge is 0.324 e. The third-order valence-corrected chi connectivity index (χ3v) is 11.0. The van der Waals surface area contributed by atoms with Crippen molar-refractivity contribution in [1.82, 2.24) is 9.88 Å². The highest BCUT2D eigenvalue weighted by molar-refractivity contribution is 7.99. The van der Waals surface area contributed by atoms with Crippen LogP contribution in [0.2, 0.25) is 0 Å². The summed E-state index contributed by atoms with van der Waals surface area (Å²) in [5.74, 6) is 1.62. The van der Waals surface area contributed by atoms with Crippen LogP contribution in [0.4, 0.5) is 0 Å². The van der Waals surface area contributed by atoms with E-state index >= 15 is 0 Å². The summed E-state index contributed by atoms with van der Waals surface area (Å²) in [6.45, 7) is 0. The number of hydrogen-bond acceptors (Lipinski definition) is 4. The molecule has 0 bridgehead atoms. The van der Waals surface area contributed by atoms with E-state index in [9.17, 15) is 0 Å². The second-order valence-electron chi connectivity index (χ2n) is 13.1. The van der Waals surface area contributed by atoms with Crippen molar-refractivity contribution in [2.45, 2.75) is 16.0 Å². The van der Waals surface area contributed by atoms with Crippen molar-refractivity contribution in [3.8, 4) is 16.8 Å². The van der Waals surface area contributed by atoms with Gasteiger partial charge in [-0.3, -0.25) is 0 Å². The predicted molar refractivity (Wildman–Crippen MR) is 218 cm³/mol. The summed E-state index contributed by atoms with van der Waals surface area (Å²) >= 11 is 1.85. The van der Waals surface area contributed by atoms with Crippen molar-refractivity contribution in [1.29, 1.82) is 0 Å². The monoisotopic (exact) mass is 684 g/mol.